The summed E-state index contributed by atoms with van der Waals surface area (Å²) in [6.45, 7) is 0.117. The topological polar surface area (TPSA) is 82.1 Å². The molecular weight excluding hydrogens is 558 g/mol. The smallest absolute Gasteiger partial charge is 0.416 e. The van der Waals surface area contributed by atoms with E-state index in [0.29, 0.717) is 22.6 Å². The second kappa shape index (κ2) is 11.2. The first-order chi connectivity index (χ1) is 18.9. The summed E-state index contributed by atoms with van der Waals surface area (Å²) < 4.78 is 72.7. The molecular formula is C28H22ClF4NO6. The number of hydrogen-bond donors (Lipinski definition) is 0. The van der Waals surface area contributed by atoms with E-state index in [1.165, 1.54) is 26.2 Å². The van der Waals surface area contributed by atoms with Gasteiger partial charge in [0.05, 0.1) is 18.4 Å². The van der Waals surface area contributed by atoms with E-state index in [0.717, 1.165) is 12.1 Å². The van der Waals surface area contributed by atoms with Gasteiger partial charge >= 0.3 is 18.1 Å². The van der Waals surface area contributed by atoms with Crippen LogP contribution in [0.4, 0.5) is 23.2 Å². The molecule has 1 amide bonds. The monoisotopic (exact) mass is 579 g/mol. The summed E-state index contributed by atoms with van der Waals surface area (Å²) in [5.41, 5.74) is -4.76. The Morgan fingerprint density at radius 3 is 2.30 bits per heavy atom. The van der Waals surface area contributed by atoms with E-state index >= 15 is 4.39 Å². The van der Waals surface area contributed by atoms with Crippen LogP contribution in [0.5, 0.6) is 5.75 Å². The molecule has 3 aromatic carbocycles. The van der Waals surface area contributed by atoms with E-state index in [1.807, 2.05) is 0 Å². The summed E-state index contributed by atoms with van der Waals surface area (Å²) in [5, 5.41) is 0.0433. The average molecular weight is 580 g/mol. The molecule has 0 radical (unpaired) electrons. The van der Waals surface area contributed by atoms with Crippen molar-refractivity contribution in [2.45, 2.75) is 25.4 Å². The Kier molecular flexibility index (Phi) is 8.06. The van der Waals surface area contributed by atoms with Gasteiger partial charge in [-0.25, -0.2) is 4.39 Å². The quantitative estimate of drug-likeness (QED) is 0.190. The molecule has 1 aliphatic heterocycles. The SMILES string of the molecule is COc1ccc(Cl)cc1[C@]1(F)C(=O)N(COC(=O)[C@@H](C)C(=O)OCc2ccccc2)c2cc(C(F)(F)F)ccc21. The fourth-order valence-electron chi connectivity index (χ4n) is 4.17. The van der Waals surface area contributed by atoms with Crippen LogP contribution in [0.25, 0.3) is 0 Å². The van der Waals surface area contributed by atoms with Crippen LogP contribution in [0.2, 0.25) is 5.02 Å². The zero-order valence-corrected chi connectivity index (χ0v) is 21.9. The molecule has 0 saturated carbocycles. The molecule has 0 saturated heterocycles. The molecule has 4 rings (SSSR count). The molecule has 1 heterocycles. The van der Waals surface area contributed by atoms with Gasteiger partial charge in [0, 0.05) is 16.1 Å². The van der Waals surface area contributed by atoms with Gasteiger partial charge in [-0.15, -0.1) is 0 Å². The van der Waals surface area contributed by atoms with E-state index in [2.05, 4.69) is 0 Å². The third-order valence-electron chi connectivity index (χ3n) is 6.33. The highest BCUT2D eigenvalue weighted by Gasteiger charge is 2.55. The Morgan fingerprint density at radius 2 is 1.65 bits per heavy atom. The van der Waals surface area contributed by atoms with E-state index in [-0.39, 0.29) is 22.9 Å². The zero-order valence-electron chi connectivity index (χ0n) is 21.1. The minimum absolute atomic E-state index is 0.0433. The van der Waals surface area contributed by atoms with Crippen molar-refractivity contribution in [3.05, 3.63) is 94.0 Å². The van der Waals surface area contributed by atoms with Gasteiger partial charge in [-0.1, -0.05) is 48.0 Å². The number of esters is 2. The van der Waals surface area contributed by atoms with E-state index in [9.17, 15) is 27.6 Å². The van der Waals surface area contributed by atoms with Crippen LogP contribution in [-0.2, 0) is 42.3 Å². The number of alkyl halides is 4. The van der Waals surface area contributed by atoms with Crippen molar-refractivity contribution >= 4 is 35.1 Å². The molecule has 40 heavy (non-hydrogen) atoms. The average Bonchev–Trinajstić information content (AvgIpc) is 3.16. The molecule has 0 unspecified atom stereocenters. The first kappa shape index (κ1) is 28.9. The molecule has 0 fully saturated rings. The maximum atomic E-state index is 16.8. The fourth-order valence-corrected chi connectivity index (χ4v) is 4.35. The molecule has 0 spiro atoms. The Bertz CT molecular complexity index is 1450. The highest BCUT2D eigenvalue weighted by Crippen LogP contribution is 2.51. The number of fused-ring (bicyclic) bond motifs is 1. The van der Waals surface area contributed by atoms with Crippen LogP contribution in [0.3, 0.4) is 0 Å². The predicted molar refractivity (Wildman–Crippen MR) is 135 cm³/mol. The molecule has 1 aliphatic rings. The van der Waals surface area contributed by atoms with Crippen LogP contribution < -0.4 is 9.64 Å². The van der Waals surface area contributed by atoms with Crippen molar-refractivity contribution in [1.82, 2.24) is 0 Å². The second-order valence-electron chi connectivity index (χ2n) is 8.87. The van der Waals surface area contributed by atoms with Gasteiger partial charge in [0.25, 0.3) is 5.91 Å². The summed E-state index contributed by atoms with van der Waals surface area (Å²) >= 11 is 6.03. The number of rotatable bonds is 8. The standard InChI is InChI=1S/C28H22ClF4NO6/c1-16(24(35)39-14-17-6-4-3-5-7-17)25(36)40-15-34-22-12-18(28(31,32)33)8-10-20(22)27(30,26(34)37)21-13-19(29)9-11-23(21)38-2/h3-13,16H,14-15H2,1-2H3/t16-,27-/m0/s1. The second-order valence-corrected chi connectivity index (χ2v) is 9.31. The lowest BCUT2D eigenvalue weighted by Crippen LogP contribution is -2.40. The highest BCUT2D eigenvalue weighted by atomic mass is 35.5. The zero-order chi connectivity index (χ0) is 29.2. The summed E-state index contributed by atoms with van der Waals surface area (Å²) in [6, 6.07) is 14.5. The van der Waals surface area contributed by atoms with E-state index < -0.39 is 59.2 Å². The van der Waals surface area contributed by atoms with Crippen LogP contribution in [0.15, 0.2) is 66.7 Å². The number of carbonyl (C=O) groups excluding carboxylic acids is 3. The number of amides is 1. The van der Waals surface area contributed by atoms with Crippen molar-refractivity contribution in [3.63, 3.8) is 0 Å². The lowest BCUT2D eigenvalue weighted by Gasteiger charge is -2.23. The van der Waals surface area contributed by atoms with Gasteiger partial charge in [-0.05, 0) is 42.8 Å². The Hall–Kier alpha value is -4.12. The number of nitrogens with zero attached hydrogens (tertiary/aromatic N) is 1. The van der Waals surface area contributed by atoms with E-state index in [4.69, 9.17) is 25.8 Å². The number of methoxy groups -OCH3 is 1. The minimum atomic E-state index is -4.81. The van der Waals surface area contributed by atoms with Crippen molar-refractivity contribution in [1.29, 1.82) is 0 Å². The normalized spacial score (nSPS) is 17.3. The maximum Gasteiger partial charge on any atom is 0.416 e. The van der Waals surface area contributed by atoms with Gasteiger partial charge in [0.2, 0.25) is 5.67 Å². The van der Waals surface area contributed by atoms with Gasteiger partial charge in [0.1, 0.15) is 12.4 Å². The van der Waals surface area contributed by atoms with E-state index in [1.54, 1.807) is 30.3 Å². The van der Waals surface area contributed by atoms with Gasteiger partial charge in [0.15, 0.2) is 12.6 Å². The number of halogens is 5. The highest BCUT2D eigenvalue weighted by molar-refractivity contribution is 6.30. The molecule has 2 atom stereocenters. The molecule has 210 valence electrons. The molecule has 0 aromatic heterocycles. The van der Waals surface area contributed by atoms with Gasteiger partial charge in [-0.3, -0.25) is 19.3 Å². The van der Waals surface area contributed by atoms with Crippen molar-refractivity contribution in [3.8, 4) is 5.75 Å². The Morgan fingerprint density at radius 1 is 0.975 bits per heavy atom. The van der Waals surface area contributed by atoms with Crippen LogP contribution in [0, 0.1) is 5.92 Å². The third kappa shape index (κ3) is 5.46. The molecule has 3 aromatic rings. The Balaban J connectivity index is 1.61. The molecule has 0 N–H and O–H groups in total. The van der Waals surface area contributed by atoms with Crippen molar-refractivity contribution in [2.75, 3.05) is 18.7 Å². The summed E-state index contributed by atoms with van der Waals surface area (Å²) in [5.74, 6) is -4.92. The molecule has 0 bridgehead atoms. The van der Waals surface area contributed by atoms with Crippen LogP contribution in [-0.4, -0.2) is 31.7 Å². The minimum Gasteiger partial charge on any atom is -0.496 e. The van der Waals surface area contributed by atoms with Crippen molar-refractivity contribution < 1.29 is 46.2 Å². The summed E-state index contributed by atoms with van der Waals surface area (Å²) in [4.78, 5) is 39.0. The van der Waals surface area contributed by atoms with Gasteiger partial charge in [-0.2, -0.15) is 13.2 Å². The van der Waals surface area contributed by atoms with Crippen LogP contribution in [0.1, 0.15) is 29.2 Å². The number of ether oxygens (including phenoxy) is 3. The number of hydrogen-bond acceptors (Lipinski definition) is 6. The third-order valence-corrected chi connectivity index (χ3v) is 6.56. The molecule has 7 nitrogen and oxygen atoms in total. The first-order valence-electron chi connectivity index (χ1n) is 11.8. The number of carbonyl (C=O) groups is 3. The summed E-state index contributed by atoms with van der Waals surface area (Å²) in [7, 11) is 1.22. The first-order valence-corrected chi connectivity index (χ1v) is 12.2. The van der Waals surface area contributed by atoms with Gasteiger partial charge < -0.3 is 14.2 Å². The largest absolute Gasteiger partial charge is 0.496 e. The number of benzene rings is 3. The summed E-state index contributed by atoms with van der Waals surface area (Å²) in [6.07, 6.45) is -4.81. The fraction of sp³-hybridized carbons (Fsp3) is 0.250. The van der Waals surface area contributed by atoms with Crippen molar-refractivity contribution in [2.24, 2.45) is 5.92 Å². The molecule has 0 aliphatic carbocycles. The maximum absolute atomic E-state index is 16.8. The lowest BCUT2D eigenvalue weighted by atomic mass is 9.88. The lowest BCUT2D eigenvalue weighted by molar-refractivity contribution is -0.162. The Labute approximate surface area is 231 Å². The predicted octanol–water partition coefficient (Wildman–Crippen LogP) is 5.81. The number of anilines is 1. The molecule has 12 heteroatoms. The van der Waals surface area contributed by atoms with Crippen LogP contribution >= 0.6 is 11.6 Å².